The van der Waals surface area contributed by atoms with Gasteiger partial charge in [-0.3, -0.25) is 4.79 Å². The molecule has 6 nitrogen and oxygen atoms in total. The van der Waals surface area contributed by atoms with Gasteiger partial charge in [-0.05, 0) is 26.6 Å². The van der Waals surface area contributed by atoms with E-state index in [2.05, 4.69) is 27.0 Å². The molecule has 1 atom stereocenters. The predicted octanol–water partition coefficient (Wildman–Crippen LogP) is 2.23. The Bertz CT molecular complexity index is 715. The monoisotopic (exact) mass is 341 g/mol. The molecule has 0 spiro atoms. The third-order valence-corrected chi connectivity index (χ3v) is 4.11. The molecule has 0 bridgehead atoms. The van der Waals surface area contributed by atoms with E-state index in [9.17, 15) is 4.79 Å². The SMILES string of the molecule is Cc1nc(N(C)C)ncc1C(=O)N(C)[C@@H](CN(C)C)c1ccccc1. The minimum absolute atomic E-state index is 0.0448. The molecule has 1 heterocycles. The number of hydrogen-bond donors (Lipinski definition) is 0. The van der Waals surface area contributed by atoms with Crippen LogP contribution in [-0.2, 0) is 0 Å². The molecule has 0 N–H and O–H groups in total. The number of aryl methyl sites for hydroxylation is 1. The van der Waals surface area contributed by atoms with Gasteiger partial charge in [-0.2, -0.15) is 0 Å². The van der Waals surface area contributed by atoms with Crippen LogP contribution in [0.4, 0.5) is 5.95 Å². The van der Waals surface area contributed by atoms with Crippen molar-refractivity contribution < 1.29 is 4.79 Å². The Kier molecular flexibility index (Phi) is 6.09. The Labute approximate surface area is 150 Å². The van der Waals surface area contributed by atoms with E-state index in [4.69, 9.17) is 0 Å². The largest absolute Gasteiger partial charge is 0.347 e. The second-order valence-corrected chi connectivity index (χ2v) is 6.67. The van der Waals surface area contributed by atoms with E-state index in [1.807, 2.05) is 65.3 Å². The summed E-state index contributed by atoms with van der Waals surface area (Å²) in [6.45, 7) is 2.58. The molecule has 0 fully saturated rings. The van der Waals surface area contributed by atoms with E-state index < -0.39 is 0 Å². The van der Waals surface area contributed by atoms with Crippen LogP contribution in [0.2, 0.25) is 0 Å². The zero-order chi connectivity index (χ0) is 18.6. The molecule has 0 saturated heterocycles. The van der Waals surface area contributed by atoms with Gasteiger partial charge in [-0.25, -0.2) is 9.97 Å². The predicted molar refractivity (Wildman–Crippen MR) is 101 cm³/mol. The van der Waals surface area contributed by atoms with E-state index in [1.54, 1.807) is 11.1 Å². The van der Waals surface area contributed by atoms with Crippen molar-refractivity contribution in [2.24, 2.45) is 0 Å². The highest BCUT2D eigenvalue weighted by Gasteiger charge is 2.25. The molecule has 0 aliphatic carbocycles. The van der Waals surface area contributed by atoms with Crippen molar-refractivity contribution in [2.75, 3.05) is 46.7 Å². The number of hydrogen-bond acceptors (Lipinski definition) is 5. The topological polar surface area (TPSA) is 52.6 Å². The average Bonchev–Trinajstić information content (AvgIpc) is 2.59. The van der Waals surface area contributed by atoms with Gasteiger partial charge < -0.3 is 14.7 Å². The molecule has 1 amide bonds. The van der Waals surface area contributed by atoms with Gasteiger partial charge in [0.25, 0.3) is 5.91 Å². The Hall–Kier alpha value is -2.47. The van der Waals surface area contributed by atoms with E-state index in [-0.39, 0.29) is 11.9 Å². The van der Waals surface area contributed by atoms with Crippen LogP contribution in [0.25, 0.3) is 0 Å². The molecule has 134 valence electrons. The summed E-state index contributed by atoms with van der Waals surface area (Å²) in [6.07, 6.45) is 1.62. The molecule has 2 aromatic rings. The lowest BCUT2D eigenvalue weighted by Crippen LogP contribution is -2.37. The fourth-order valence-electron chi connectivity index (χ4n) is 2.68. The number of nitrogens with zero attached hydrogens (tertiary/aromatic N) is 5. The van der Waals surface area contributed by atoms with Gasteiger partial charge in [0.2, 0.25) is 5.95 Å². The molecule has 1 aromatic heterocycles. The molecule has 0 unspecified atom stereocenters. The maximum Gasteiger partial charge on any atom is 0.257 e. The second-order valence-electron chi connectivity index (χ2n) is 6.67. The zero-order valence-electron chi connectivity index (χ0n) is 15.9. The summed E-state index contributed by atoms with van der Waals surface area (Å²) in [6, 6.07) is 10.0. The molecule has 1 aromatic carbocycles. The number of anilines is 1. The van der Waals surface area contributed by atoms with Crippen molar-refractivity contribution in [1.82, 2.24) is 19.8 Å². The number of carbonyl (C=O) groups is 1. The van der Waals surface area contributed by atoms with Crippen LogP contribution >= 0.6 is 0 Å². The standard InChI is InChI=1S/C19H27N5O/c1-14-16(12-20-19(21-14)23(4)5)18(25)24(6)17(13-22(2)3)15-10-8-7-9-11-15/h7-12,17H,13H2,1-6H3/t17-/m0/s1. The Morgan fingerprint density at radius 1 is 1.08 bits per heavy atom. The van der Waals surface area contributed by atoms with Crippen LogP contribution in [0.1, 0.15) is 27.7 Å². The van der Waals surface area contributed by atoms with Crippen molar-refractivity contribution in [3.63, 3.8) is 0 Å². The number of benzene rings is 1. The highest BCUT2D eigenvalue weighted by atomic mass is 16.2. The molecule has 2 rings (SSSR count). The first-order valence-electron chi connectivity index (χ1n) is 8.29. The van der Waals surface area contributed by atoms with Crippen molar-refractivity contribution in [2.45, 2.75) is 13.0 Å². The molecule has 0 aliphatic heterocycles. The van der Waals surface area contributed by atoms with Crippen LogP contribution < -0.4 is 4.90 Å². The maximum absolute atomic E-state index is 13.1. The van der Waals surface area contributed by atoms with Gasteiger partial charge in [0.05, 0.1) is 17.3 Å². The number of rotatable bonds is 6. The Balaban J connectivity index is 2.32. The maximum atomic E-state index is 13.1. The van der Waals surface area contributed by atoms with Gasteiger partial charge >= 0.3 is 0 Å². The summed E-state index contributed by atoms with van der Waals surface area (Å²) in [5.41, 5.74) is 2.33. The van der Waals surface area contributed by atoms with E-state index >= 15 is 0 Å². The molecular weight excluding hydrogens is 314 g/mol. The number of likely N-dealkylation sites (N-methyl/N-ethyl adjacent to an activating group) is 2. The Morgan fingerprint density at radius 2 is 1.72 bits per heavy atom. The molecular formula is C19H27N5O. The molecule has 0 aliphatic rings. The first kappa shape index (κ1) is 18.9. The Morgan fingerprint density at radius 3 is 2.24 bits per heavy atom. The molecule has 0 radical (unpaired) electrons. The van der Waals surface area contributed by atoms with Gasteiger partial charge in [0.15, 0.2) is 0 Å². The molecule has 0 saturated carbocycles. The second kappa shape index (κ2) is 8.07. The average molecular weight is 341 g/mol. The minimum Gasteiger partial charge on any atom is -0.347 e. The van der Waals surface area contributed by atoms with Gasteiger partial charge in [0, 0.05) is 33.9 Å². The van der Waals surface area contributed by atoms with Crippen molar-refractivity contribution in [3.05, 3.63) is 53.3 Å². The molecule has 6 heteroatoms. The minimum atomic E-state index is -0.0708. The van der Waals surface area contributed by atoms with Crippen LogP contribution in [0.15, 0.2) is 36.5 Å². The van der Waals surface area contributed by atoms with Crippen molar-refractivity contribution in [1.29, 1.82) is 0 Å². The smallest absolute Gasteiger partial charge is 0.257 e. The lowest BCUT2D eigenvalue weighted by atomic mass is 10.0. The van der Waals surface area contributed by atoms with Crippen molar-refractivity contribution in [3.8, 4) is 0 Å². The quantitative estimate of drug-likeness (QED) is 0.806. The first-order chi connectivity index (χ1) is 11.8. The number of aromatic nitrogens is 2. The van der Waals surface area contributed by atoms with Crippen LogP contribution in [0.3, 0.4) is 0 Å². The highest BCUT2D eigenvalue weighted by Crippen LogP contribution is 2.23. The van der Waals surface area contributed by atoms with E-state index in [1.165, 1.54) is 0 Å². The third kappa shape index (κ3) is 4.54. The fourth-order valence-corrected chi connectivity index (χ4v) is 2.68. The van der Waals surface area contributed by atoms with Crippen LogP contribution in [-0.4, -0.2) is 67.5 Å². The van der Waals surface area contributed by atoms with Crippen LogP contribution in [0.5, 0.6) is 0 Å². The van der Waals surface area contributed by atoms with Gasteiger partial charge in [-0.15, -0.1) is 0 Å². The summed E-state index contributed by atoms with van der Waals surface area (Å²) >= 11 is 0. The first-order valence-corrected chi connectivity index (χ1v) is 8.29. The fraction of sp³-hybridized carbons (Fsp3) is 0.421. The normalized spacial score (nSPS) is 12.1. The lowest BCUT2D eigenvalue weighted by molar-refractivity contribution is 0.0703. The zero-order valence-corrected chi connectivity index (χ0v) is 15.9. The summed E-state index contributed by atoms with van der Waals surface area (Å²) in [4.78, 5) is 27.5. The highest BCUT2D eigenvalue weighted by molar-refractivity contribution is 5.95. The lowest BCUT2D eigenvalue weighted by Gasteiger charge is -2.31. The van der Waals surface area contributed by atoms with Gasteiger partial charge in [0.1, 0.15) is 0 Å². The summed E-state index contributed by atoms with van der Waals surface area (Å²) in [5, 5.41) is 0. The number of amides is 1. The third-order valence-electron chi connectivity index (χ3n) is 4.11. The van der Waals surface area contributed by atoms with Crippen LogP contribution in [0, 0.1) is 6.92 Å². The molecule has 25 heavy (non-hydrogen) atoms. The summed E-state index contributed by atoms with van der Waals surface area (Å²) < 4.78 is 0. The number of carbonyl (C=O) groups excluding carboxylic acids is 1. The summed E-state index contributed by atoms with van der Waals surface area (Å²) in [7, 11) is 9.61. The summed E-state index contributed by atoms with van der Waals surface area (Å²) in [5.74, 6) is 0.531. The van der Waals surface area contributed by atoms with E-state index in [0.29, 0.717) is 17.2 Å². The van der Waals surface area contributed by atoms with Gasteiger partial charge in [-0.1, -0.05) is 30.3 Å². The van der Waals surface area contributed by atoms with E-state index in [0.717, 1.165) is 12.1 Å². The van der Waals surface area contributed by atoms with Crippen molar-refractivity contribution >= 4 is 11.9 Å².